The number of nitro benzene ring substituents is 1. The maximum Gasteiger partial charge on any atom is 0.269 e. The minimum Gasteiger partial charge on any atom is -0.311 e. The van der Waals surface area contributed by atoms with Crippen LogP contribution in [0, 0.1) is 10.1 Å². The van der Waals surface area contributed by atoms with Gasteiger partial charge in [-0.25, -0.2) is 0 Å². The first-order valence-electron chi connectivity index (χ1n) is 8.39. The molecule has 2 aromatic rings. The van der Waals surface area contributed by atoms with Crippen molar-refractivity contribution in [3.05, 3.63) is 69.3 Å². The summed E-state index contributed by atoms with van der Waals surface area (Å²) in [5, 5.41) is 10.8. The highest BCUT2D eigenvalue weighted by Crippen LogP contribution is 2.30. The lowest BCUT2D eigenvalue weighted by Gasteiger charge is -2.24. The van der Waals surface area contributed by atoms with Crippen molar-refractivity contribution in [2.75, 3.05) is 11.9 Å². The number of amides is 1. The Bertz CT molecular complexity index is 754. The molecule has 0 saturated heterocycles. The predicted molar refractivity (Wildman–Crippen MR) is 100 cm³/mol. The molecule has 0 aliphatic heterocycles. The van der Waals surface area contributed by atoms with Crippen molar-refractivity contribution in [1.29, 1.82) is 0 Å². The van der Waals surface area contributed by atoms with Crippen molar-refractivity contribution in [1.82, 2.24) is 0 Å². The van der Waals surface area contributed by atoms with Crippen molar-refractivity contribution in [2.45, 2.75) is 39.5 Å². The average Bonchev–Trinajstić information content (AvgIpc) is 2.59. The number of rotatable bonds is 5. The highest BCUT2D eigenvalue weighted by atomic mass is 16.6. The molecule has 0 aliphatic rings. The van der Waals surface area contributed by atoms with Gasteiger partial charge in [0.25, 0.3) is 11.6 Å². The van der Waals surface area contributed by atoms with Crippen LogP contribution in [0.5, 0.6) is 0 Å². The Morgan fingerprint density at radius 3 is 1.84 bits per heavy atom. The number of hydrogen-bond acceptors (Lipinski definition) is 3. The van der Waals surface area contributed by atoms with Crippen LogP contribution in [0.2, 0.25) is 0 Å². The van der Waals surface area contributed by atoms with Crippen LogP contribution in [-0.4, -0.2) is 17.9 Å². The highest BCUT2D eigenvalue weighted by molar-refractivity contribution is 6.08. The van der Waals surface area contributed by atoms with E-state index in [0.29, 0.717) is 5.69 Å². The van der Waals surface area contributed by atoms with Gasteiger partial charge in [0.15, 0.2) is 0 Å². The molecule has 0 N–H and O–H groups in total. The molecule has 0 saturated carbocycles. The third kappa shape index (κ3) is 3.87. The highest BCUT2D eigenvalue weighted by Gasteiger charge is 2.23. The van der Waals surface area contributed by atoms with Crippen LogP contribution in [0.25, 0.3) is 0 Å². The molecule has 0 radical (unpaired) electrons. The number of non-ortho nitro benzene ring substituents is 1. The standard InChI is InChI=1S/C20H24N2O3/c1-13(2)17-7-6-8-18(14(3)4)19(17)20(23)21(5)15-9-11-16(12-10-15)22(24)25/h6-14H,1-5H3. The zero-order chi connectivity index (χ0) is 18.7. The van der Waals surface area contributed by atoms with Gasteiger partial charge in [0.1, 0.15) is 0 Å². The third-order valence-corrected chi connectivity index (χ3v) is 4.34. The molecule has 132 valence electrons. The molecule has 0 spiro atoms. The Labute approximate surface area is 148 Å². The normalized spacial score (nSPS) is 11.0. The first-order chi connectivity index (χ1) is 11.7. The summed E-state index contributed by atoms with van der Waals surface area (Å²) in [6, 6.07) is 12.0. The zero-order valence-electron chi connectivity index (χ0n) is 15.3. The van der Waals surface area contributed by atoms with Crippen molar-refractivity contribution < 1.29 is 9.72 Å². The number of benzene rings is 2. The zero-order valence-corrected chi connectivity index (χ0v) is 15.3. The van der Waals surface area contributed by atoms with E-state index in [9.17, 15) is 14.9 Å². The molecule has 5 heteroatoms. The van der Waals surface area contributed by atoms with Crippen LogP contribution in [0.4, 0.5) is 11.4 Å². The lowest BCUT2D eigenvalue weighted by Crippen LogP contribution is -2.28. The van der Waals surface area contributed by atoms with Gasteiger partial charge < -0.3 is 4.90 Å². The quantitative estimate of drug-likeness (QED) is 0.560. The van der Waals surface area contributed by atoms with Crippen LogP contribution in [0.1, 0.15) is 61.0 Å². The van der Waals surface area contributed by atoms with E-state index < -0.39 is 4.92 Å². The molecule has 0 unspecified atom stereocenters. The first-order valence-corrected chi connectivity index (χ1v) is 8.39. The van der Waals surface area contributed by atoms with E-state index in [1.165, 1.54) is 12.1 Å². The van der Waals surface area contributed by atoms with Gasteiger partial charge in [-0.2, -0.15) is 0 Å². The number of carbonyl (C=O) groups excluding carboxylic acids is 1. The van der Waals surface area contributed by atoms with Gasteiger partial charge in [-0.05, 0) is 35.1 Å². The third-order valence-electron chi connectivity index (χ3n) is 4.34. The molecule has 5 nitrogen and oxygen atoms in total. The van der Waals surface area contributed by atoms with E-state index in [-0.39, 0.29) is 23.4 Å². The fraction of sp³-hybridized carbons (Fsp3) is 0.350. The number of nitro groups is 1. The summed E-state index contributed by atoms with van der Waals surface area (Å²) in [5.74, 6) is 0.354. The Kier molecular flexibility index (Phi) is 5.57. The fourth-order valence-corrected chi connectivity index (χ4v) is 2.88. The van der Waals surface area contributed by atoms with E-state index in [0.717, 1.165) is 16.7 Å². The van der Waals surface area contributed by atoms with Gasteiger partial charge in [0.05, 0.1) is 4.92 Å². The predicted octanol–water partition coefficient (Wildman–Crippen LogP) is 5.12. The Morgan fingerprint density at radius 2 is 1.44 bits per heavy atom. The Morgan fingerprint density at radius 1 is 0.960 bits per heavy atom. The summed E-state index contributed by atoms with van der Waals surface area (Å²) in [6.07, 6.45) is 0. The Hall–Kier alpha value is -2.69. The SMILES string of the molecule is CC(C)c1cccc(C(C)C)c1C(=O)N(C)c1ccc([N+](=O)[O-])cc1. The smallest absolute Gasteiger partial charge is 0.269 e. The van der Waals surface area contributed by atoms with Crippen molar-refractivity contribution >= 4 is 17.3 Å². The largest absolute Gasteiger partial charge is 0.311 e. The molecule has 0 fully saturated rings. The molecule has 0 aliphatic carbocycles. The lowest BCUT2D eigenvalue weighted by atomic mass is 9.88. The van der Waals surface area contributed by atoms with E-state index in [1.807, 2.05) is 18.2 Å². The molecule has 1 amide bonds. The summed E-state index contributed by atoms with van der Waals surface area (Å²) in [6.45, 7) is 8.29. The second-order valence-corrected chi connectivity index (χ2v) is 6.76. The summed E-state index contributed by atoms with van der Waals surface area (Å²) in [5.41, 5.74) is 3.40. The van der Waals surface area contributed by atoms with Crippen LogP contribution in [-0.2, 0) is 0 Å². The van der Waals surface area contributed by atoms with Crippen molar-refractivity contribution in [3.8, 4) is 0 Å². The minimum atomic E-state index is -0.448. The van der Waals surface area contributed by atoms with Crippen LogP contribution in [0.15, 0.2) is 42.5 Å². The molecular weight excluding hydrogens is 316 g/mol. The van der Waals surface area contributed by atoms with Gasteiger partial charge in [-0.3, -0.25) is 14.9 Å². The Balaban J connectivity index is 2.47. The second kappa shape index (κ2) is 7.47. The fourth-order valence-electron chi connectivity index (χ4n) is 2.88. The van der Waals surface area contributed by atoms with E-state index in [4.69, 9.17) is 0 Å². The van der Waals surface area contributed by atoms with E-state index in [2.05, 4.69) is 27.7 Å². The molecule has 0 atom stereocenters. The topological polar surface area (TPSA) is 63.5 Å². The van der Waals surface area contributed by atoms with Crippen LogP contribution in [0.3, 0.4) is 0 Å². The molecule has 25 heavy (non-hydrogen) atoms. The van der Waals surface area contributed by atoms with Gasteiger partial charge in [-0.1, -0.05) is 45.9 Å². The van der Waals surface area contributed by atoms with Crippen LogP contribution < -0.4 is 4.90 Å². The number of carbonyl (C=O) groups is 1. The first kappa shape index (κ1) is 18.6. The number of anilines is 1. The summed E-state index contributed by atoms with van der Waals surface area (Å²) < 4.78 is 0. The van der Waals surface area contributed by atoms with Crippen LogP contribution >= 0.6 is 0 Å². The summed E-state index contributed by atoms with van der Waals surface area (Å²) in [4.78, 5) is 25.1. The monoisotopic (exact) mass is 340 g/mol. The van der Waals surface area contributed by atoms with Crippen molar-refractivity contribution in [2.24, 2.45) is 0 Å². The summed E-state index contributed by atoms with van der Waals surface area (Å²) >= 11 is 0. The number of nitrogens with zero attached hydrogens (tertiary/aromatic N) is 2. The lowest BCUT2D eigenvalue weighted by molar-refractivity contribution is -0.384. The van der Waals surface area contributed by atoms with Gasteiger partial charge in [0.2, 0.25) is 0 Å². The molecule has 0 heterocycles. The summed E-state index contributed by atoms with van der Waals surface area (Å²) in [7, 11) is 1.70. The van der Waals surface area contributed by atoms with Crippen molar-refractivity contribution in [3.63, 3.8) is 0 Å². The van der Waals surface area contributed by atoms with Gasteiger partial charge in [0, 0.05) is 30.4 Å². The van der Waals surface area contributed by atoms with Gasteiger partial charge >= 0.3 is 0 Å². The maximum atomic E-state index is 13.2. The van der Waals surface area contributed by atoms with E-state index in [1.54, 1.807) is 24.1 Å². The maximum absolute atomic E-state index is 13.2. The second-order valence-electron chi connectivity index (χ2n) is 6.76. The minimum absolute atomic E-state index is 0.00930. The van der Waals surface area contributed by atoms with Gasteiger partial charge in [-0.15, -0.1) is 0 Å². The molecule has 0 bridgehead atoms. The molecule has 2 rings (SSSR count). The average molecular weight is 340 g/mol. The van der Waals surface area contributed by atoms with E-state index >= 15 is 0 Å². The molecule has 2 aromatic carbocycles. The molecule has 0 aromatic heterocycles. The molecular formula is C20H24N2O3. The number of hydrogen-bond donors (Lipinski definition) is 0.